The fourth-order valence-corrected chi connectivity index (χ4v) is 4.20. The number of pyridine rings is 1. The Morgan fingerprint density at radius 2 is 2.08 bits per heavy atom. The Hall–Kier alpha value is -1.83. The normalized spacial score (nSPS) is 12.4. The van der Waals surface area contributed by atoms with Crippen molar-refractivity contribution in [3.05, 3.63) is 61.8 Å². The number of nitrogens with one attached hydrogen (secondary N) is 1. The predicted octanol–water partition coefficient (Wildman–Crippen LogP) is 4.92. The molecule has 0 saturated heterocycles. The molecule has 3 heterocycles. The molecule has 0 aromatic carbocycles. The lowest BCUT2D eigenvalue weighted by molar-refractivity contribution is -0.117. The molecule has 1 amide bonds. The molecule has 3 aromatic heterocycles. The molecule has 1 unspecified atom stereocenters. The van der Waals surface area contributed by atoms with Gasteiger partial charge in [-0.1, -0.05) is 0 Å². The molecule has 3 aromatic rings. The van der Waals surface area contributed by atoms with E-state index in [4.69, 9.17) is 0 Å². The van der Waals surface area contributed by atoms with Gasteiger partial charge in [0, 0.05) is 34.3 Å². The number of hydrogen-bond acceptors (Lipinski definition) is 5. The van der Waals surface area contributed by atoms with Crippen molar-refractivity contribution < 1.29 is 4.79 Å². The van der Waals surface area contributed by atoms with E-state index in [2.05, 4.69) is 31.2 Å². The quantitative estimate of drug-likeness (QED) is 0.597. The summed E-state index contributed by atoms with van der Waals surface area (Å²) in [6.45, 7) is 1.93. The monoisotopic (exact) mass is 419 g/mol. The Labute approximate surface area is 156 Å². The van der Waals surface area contributed by atoms with Crippen LogP contribution in [0.25, 0.3) is 17.3 Å². The number of hydrogen-bond donors (Lipinski definition) is 1. The number of aromatic nitrogens is 2. The van der Waals surface area contributed by atoms with E-state index in [1.807, 2.05) is 42.6 Å². The summed E-state index contributed by atoms with van der Waals surface area (Å²) in [5, 5.41) is 5.81. The summed E-state index contributed by atoms with van der Waals surface area (Å²) in [7, 11) is 0. The lowest BCUT2D eigenvalue weighted by Crippen LogP contribution is -2.24. The van der Waals surface area contributed by atoms with Gasteiger partial charge in [0.25, 0.3) is 0 Å². The summed E-state index contributed by atoms with van der Waals surface area (Å²) >= 11 is 6.52. The van der Waals surface area contributed by atoms with Crippen LogP contribution in [0.1, 0.15) is 22.9 Å². The predicted molar refractivity (Wildman–Crippen MR) is 103 cm³/mol. The molecule has 3 rings (SSSR count). The fourth-order valence-electron chi connectivity index (χ4n) is 2.04. The summed E-state index contributed by atoms with van der Waals surface area (Å²) in [5.74, 6) is -0.132. The molecule has 0 aliphatic heterocycles. The van der Waals surface area contributed by atoms with Gasteiger partial charge in [-0.25, -0.2) is 4.98 Å². The maximum atomic E-state index is 12.0. The highest BCUT2D eigenvalue weighted by Crippen LogP contribution is 2.25. The fraction of sp³-hybridized carbons (Fsp3) is 0.118. The third-order valence-corrected chi connectivity index (χ3v) is 5.84. The van der Waals surface area contributed by atoms with Crippen LogP contribution in [0.4, 0.5) is 0 Å². The van der Waals surface area contributed by atoms with Crippen LogP contribution in [0.3, 0.4) is 0 Å². The molecule has 24 heavy (non-hydrogen) atoms. The van der Waals surface area contributed by atoms with Crippen LogP contribution in [0, 0.1) is 0 Å². The largest absolute Gasteiger partial charge is 0.344 e. The molecule has 0 saturated carbocycles. The van der Waals surface area contributed by atoms with Crippen molar-refractivity contribution in [3.8, 4) is 11.3 Å². The van der Waals surface area contributed by atoms with Crippen LogP contribution in [0.5, 0.6) is 0 Å². The molecule has 1 atom stereocenters. The zero-order valence-electron chi connectivity index (χ0n) is 12.8. The highest BCUT2D eigenvalue weighted by atomic mass is 79.9. The third kappa shape index (κ3) is 4.37. The molecule has 0 bridgehead atoms. The van der Waals surface area contributed by atoms with E-state index in [0.717, 1.165) is 24.9 Å². The molecule has 122 valence electrons. The van der Waals surface area contributed by atoms with Gasteiger partial charge in [-0.3, -0.25) is 9.78 Å². The summed E-state index contributed by atoms with van der Waals surface area (Å²) in [6.07, 6.45) is 6.84. The van der Waals surface area contributed by atoms with E-state index < -0.39 is 0 Å². The molecule has 4 nitrogen and oxygen atoms in total. The summed E-state index contributed by atoms with van der Waals surface area (Å²) in [5.41, 5.74) is 1.92. The number of thiazole rings is 1. The maximum absolute atomic E-state index is 12.0. The smallest absolute Gasteiger partial charge is 0.244 e. The number of halogens is 1. The molecule has 0 aliphatic carbocycles. The van der Waals surface area contributed by atoms with E-state index in [-0.39, 0.29) is 11.9 Å². The zero-order valence-corrected chi connectivity index (χ0v) is 16.0. The topological polar surface area (TPSA) is 54.9 Å². The first-order valence-corrected chi connectivity index (χ1v) is 9.70. The molecule has 1 N–H and O–H groups in total. The first-order valence-electron chi connectivity index (χ1n) is 7.21. The molecule has 0 spiro atoms. The minimum atomic E-state index is -0.141. The first-order chi connectivity index (χ1) is 11.6. The summed E-state index contributed by atoms with van der Waals surface area (Å²) in [6, 6.07) is 7.62. The number of thiophene rings is 1. The Kier molecular flexibility index (Phi) is 5.55. The van der Waals surface area contributed by atoms with Gasteiger partial charge in [0.15, 0.2) is 0 Å². The van der Waals surface area contributed by atoms with Gasteiger partial charge in [0.1, 0.15) is 5.01 Å². The van der Waals surface area contributed by atoms with Crippen LogP contribution in [-0.2, 0) is 4.79 Å². The van der Waals surface area contributed by atoms with Crippen molar-refractivity contribution in [3.63, 3.8) is 0 Å². The van der Waals surface area contributed by atoms with Crippen molar-refractivity contribution in [1.82, 2.24) is 15.3 Å². The minimum Gasteiger partial charge on any atom is -0.344 e. The van der Waals surface area contributed by atoms with E-state index in [1.165, 1.54) is 11.3 Å². The van der Waals surface area contributed by atoms with Gasteiger partial charge in [0.05, 0.1) is 15.5 Å². The van der Waals surface area contributed by atoms with E-state index >= 15 is 0 Å². The Morgan fingerprint density at radius 3 is 2.79 bits per heavy atom. The van der Waals surface area contributed by atoms with Crippen LogP contribution in [0.15, 0.2) is 51.9 Å². The van der Waals surface area contributed by atoms with Crippen molar-refractivity contribution in [2.24, 2.45) is 0 Å². The molecule has 7 heteroatoms. The van der Waals surface area contributed by atoms with Gasteiger partial charge in [-0.05, 0) is 53.2 Å². The number of rotatable bonds is 5. The standard InChI is InChI=1S/C17H14BrN3OS2/c1-11(20-16(22)5-3-13-2-4-15(18)24-13)17-21-14(10-23-17)12-6-8-19-9-7-12/h2-11H,1H3,(H,20,22). The second-order valence-corrected chi connectivity index (χ2v) is 8.40. The Bertz CT molecular complexity index is 858. The summed E-state index contributed by atoms with van der Waals surface area (Å²) < 4.78 is 1.04. The molecule has 0 radical (unpaired) electrons. The number of nitrogens with zero attached hydrogens (tertiary/aromatic N) is 2. The molecule has 0 aliphatic rings. The van der Waals surface area contributed by atoms with E-state index in [0.29, 0.717) is 0 Å². The third-order valence-electron chi connectivity index (χ3n) is 3.22. The summed E-state index contributed by atoms with van der Waals surface area (Å²) in [4.78, 5) is 21.7. The molecule has 0 fully saturated rings. The molecular weight excluding hydrogens is 406 g/mol. The van der Waals surface area contributed by atoms with Crippen molar-refractivity contribution in [2.45, 2.75) is 13.0 Å². The van der Waals surface area contributed by atoms with Gasteiger partial charge < -0.3 is 5.32 Å². The van der Waals surface area contributed by atoms with Crippen LogP contribution >= 0.6 is 38.6 Å². The maximum Gasteiger partial charge on any atom is 0.244 e. The number of amides is 1. The highest BCUT2D eigenvalue weighted by molar-refractivity contribution is 9.11. The minimum absolute atomic E-state index is 0.132. The van der Waals surface area contributed by atoms with E-state index in [9.17, 15) is 4.79 Å². The van der Waals surface area contributed by atoms with Gasteiger partial charge in [-0.2, -0.15) is 0 Å². The van der Waals surface area contributed by atoms with Crippen molar-refractivity contribution in [1.29, 1.82) is 0 Å². The van der Waals surface area contributed by atoms with Crippen molar-refractivity contribution >= 4 is 50.6 Å². The van der Waals surface area contributed by atoms with Crippen LogP contribution < -0.4 is 5.32 Å². The van der Waals surface area contributed by atoms with Crippen molar-refractivity contribution in [2.75, 3.05) is 0 Å². The Morgan fingerprint density at radius 1 is 1.29 bits per heavy atom. The average molecular weight is 420 g/mol. The van der Waals surface area contributed by atoms with E-state index in [1.54, 1.807) is 29.8 Å². The lowest BCUT2D eigenvalue weighted by Gasteiger charge is -2.08. The SMILES string of the molecule is CC(NC(=O)C=Cc1ccc(Br)s1)c1nc(-c2ccncc2)cs1. The Balaban J connectivity index is 1.62. The van der Waals surface area contributed by atoms with Gasteiger partial charge in [0.2, 0.25) is 5.91 Å². The van der Waals surface area contributed by atoms with Gasteiger partial charge >= 0.3 is 0 Å². The highest BCUT2D eigenvalue weighted by Gasteiger charge is 2.13. The van der Waals surface area contributed by atoms with Crippen LogP contribution in [0.2, 0.25) is 0 Å². The second-order valence-electron chi connectivity index (χ2n) is 5.01. The second kappa shape index (κ2) is 7.83. The number of carbonyl (C=O) groups is 1. The zero-order chi connectivity index (χ0) is 16.9. The van der Waals surface area contributed by atoms with Gasteiger partial charge in [-0.15, -0.1) is 22.7 Å². The first kappa shape index (κ1) is 17.0. The molecular formula is C17H14BrN3OS2. The number of carbonyl (C=O) groups excluding carboxylic acids is 1. The lowest BCUT2D eigenvalue weighted by atomic mass is 10.2. The average Bonchev–Trinajstić information content (AvgIpc) is 3.23. The van der Waals surface area contributed by atoms with Crippen LogP contribution in [-0.4, -0.2) is 15.9 Å².